The van der Waals surface area contributed by atoms with Crippen LogP contribution in [0, 0.1) is 5.92 Å². The molecule has 0 saturated heterocycles. The second-order valence-corrected chi connectivity index (χ2v) is 7.17. The Bertz CT molecular complexity index is 839. The Morgan fingerprint density at radius 3 is 2.59 bits per heavy atom. The number of aliphatic carboxylic acids is 1. The molecule has 1 fully saturated rings. The van der Waals surface area contributed by atoms with Crippen LogP contribution in [0.1, 0.15) is 38.2 Å². The van der Waals surface area contributed by atoms with Gasteiger partial charge in [-0.05, 0) is 31.4 Å². The molecule has 7 heteroatoms. The summed E-state index contributed by atoms with van der Waals surface area (Å²) < 4.78 is 0. The van der Waals surface area contributed by atoms with E-state index in [9.17, 15) is 19.5 Å². The zero-order chi connectivity index (χ0) is 19.4. The van der Waals surface area contributed by atoms with Gasteiger partial charge in [0.2, 0.25) is 11.8 Å². The zero-order valence-electron chi connectivity index (χ0n) is 15.3. The van der Waals surface area contributed by atoms with Crippen LogP contribution in [0.5, 0.6) is 0 Å². The highest BCUT2D eigenvalue weighted by atomic mass is 16.4. The Morgan fingerprint density at radius 1 is 1.19 bits per heavy atom. The summed E-state index contributed by atoms with van der Waals surface area (Å²) in [6.45, 7) is 1.58. The molecule has 4 N–H and O–H groups in total. The number of benzene rings is 1. The molecule has 2 atom stereocenters. The molecule has 1 saturated carbocycles. The predicted molar refractivity (Wildman–Crippen MR) is 101 cm³/mol. The lowest BCUT2D eigenvalue weighted by Crippen LogP contribution is -2.51. The Hall–Kier alpha value is -2.83. The summed E-state index contributed by atoms with van der Waals surface area (Å²) in [5.74, 6) is -1.77. The molecule has 27 heavy (non-hydrogen) atoms. The topological polar surface area (TPSA) is 111 Å². The van der Waals surface area contributed by atoms with Gasteiger partial charge in [-0.15, -0.1) is 0 Å². The van der Waals surface area contributed by atoms with Gasteiger partial charge in [-0.3, -0.25) is 9.59 Å². The number of carbonyl (C=O) groups is 3. The van der Waals surface area contributed by atoms with Crippen LogP contribution in [-0.2, 0) is 20.8 Å². The van der Waals surface area contributed by atoms with Crippen molar-refractivity contribution in [1.29, 1.82) is 0 Å². The van der Waals surface area contributed by atoms with Crippen molar-refractivity contribution in [2.75, 3.05) is 0 Å². The van der Waals surface area contributed by atoms with Crippen molar-refractivity contribution in [3.05, 3.63) is 36.0 Å². The van der Waals surface area contributed by atoms with Crippen LogP contribution in [0.25, 0.3) is 10.9 Å². The monoisotopic (exact) mass is 371 g/mol. The summed E-state index contributed by atoms with van der Waals surface area (Å²) in [5.41, 5.74) is 1.74. The van der Waals surface area contributed by atoms with Gasteiger partial charge in [0.1, 0.15) is 12.1 Å². The highest BCUT2D eigenvalue weighted by Gasteiger charge is 2.28. The van der Waals surface area contributed by atoms with Gasteiger partial charge in [0.25, 0.3) is 0 Å². The van der Waals surface area contributed by atoms with Gasteiger partial charge in [-0.2, -0.15) is 0 Å². The van der Waals surface area contributed by atoms with Crippen LogP contribution in [-0.4, -0.2) is 40.0 Å². The van der Waals surface area contributed by atoms with Gasteiger partial charge >= 0.3 is 5.97 Å². The predicted octanol–water partition coefficient (Wildman–Crippen LogP) is 1.97. The number of carbonyl (C=O) groups excluding carboxylic acids is 2. The first kappa shape index (κ1) is 18.9. The maximum Gasteiger partial charge on any atom is 0.326 e. The van der Waals surface area contributed by atoms with Crippen molar-refractivity contribution in [3.8, 4) is 0 Å². The number of rotatable bonds is 7. The molecule has 1 aliphatic rings. The number of carboxylic acids is 1. The number of H-pyrrole nitrogens is 1. The maximum atomic E-state index is 12.4. The Balaban J connectivity index is 1.62. The smallest absolute Gasteiger partial charge is 0.326 e. The first-order chi connectivity index (χ1) is 13.0. The van der Waals surface area contributed by atoms with Crippen LogP contribution in [0.15, 0.2) is 30.5 Å². The van der Waals surface area contributed by atoms with Crippen molar-refractivity contribution < 1.29 is 19.5 Å². The molecule has 0 aliphatic heterocycles. The average molecular weight is 371 g/mol. The Kier molecular flexibility index (Phi) is 5.78. The number of hydrogen-bond acceptors (Lipinski definition) is 3. The van der Waals surface area contributed by atoms with Crippen molar-refractivity contribution in [2.24, 2.45) is 5.92 Å². The van der Waals surface area contributed by atoms with Gasteiger partial charge in [-0.25, -0.2) is 4.79 Å². The molecule has 7 nitrogen and oxygen atoms in total. The molecule has 2 aromatic rings. The zero-order valence-corrected chi connectivity index (χ0v) is 15.3. The number of carboxylic acid groups (broad SMARTS) is 1. The van der Waals surface area contributed by atoms with Crippen molar-refractivity contribution in [2.45, 2.75) is 51.1 Å². The van der Waals surface area contributed by atoms with E-state index in [2.05, 4.69) is 15.6 Å². The molecule has 1 aromatic heterocycles. The number of fused-ring (bicyclic) bond motifs is 1. The van der Waals surface area contributed by atoms with Crippen LogP contribution in [0.4, 0.5) is 0 Å². The number of aromatic amines is 1. The molecule has 2 unspecified atom stereocenters. The third kappa shape index (κ3) is 4.48. The minimum Gasteiger partial charge on any atom is -0.480 e. The number of nitrogens with one attached hydrogen (secondary N) is 3. The van der Waals surface area contributed by atoms with E-state index in [1.54, 1.807) is 13.1 Å². The molecule has 0 spiro atoms. The fraction of sp³-hybridized carbons (Fsp3) is 0.450. The minimum atomic E-state index is -1.11. The lowest BCUT2D eigenvalue weighted by molar-refractivity contribution is -0.142. The van der Waals surface area contributed by atoms with Crippen LogP contribution < -0.4 is 10.6 Å². The SMILES string of the molecule is CC(NC(=O)C1CCCC1)C(=O)NC(Cc1c[nH]c2ccccc12)C(=O)O. The number of amides is 2. The van der Waals surface area contributed by atoms with Crippen LogP contribution >= 0.6 is 0 Å². The summed E-state index contributed by atoms with van der Waals surface area (Å²) in [4.78, 5) is 39.3. The molecule has 0 radical (unpaired) electrons. The minimum absolute atomic E-state index is 0.0401. The molecule has 0 bridgehead atoms. The summed E-state index contributed by atoms with van der Waals surface area (Å²) in [6.07, 6.45) is 5.68. The van der Waals surface area contributed by atoms with E-state index in [0.717, 1.165) is 42.1 Å². The van der Waals surface area contributed by atoms with E-state index in [-0.39, 0.29) is 18.2 Å². The average Bonchev–Trinajstić information content (AvgIpc) is 3.31. The van der Waals surface area contributed by atoms with Gasteiger partial charge in [-0.1, -0.05) is 31.0 Å². The second-order valence-electron chi connectivity index (χ2n) is 7.17. The third-order valence-electron chi connectivity index (χ3n) is 5.19. The van der Waals surface area contributed by atoms with Crippen molar-refractivity contribution in [3.63, 3.8) is 0 Å². The van der Waals surface area contributed by atoms with E-state index < -0.39 is 24.0 Å². The fourth-order valence-electron chi connectivity index (χ4n) is 3.60. The van der Waals surface area contributed by atoms with Gasteiger partial charge < -0.3 is 20.7 Å². The number of hydrogen-bond donors (Lipinski definition) is 4. The van der Waals surface area contributed by atoms with Gasteiger partial charge in [0.05, 0.1) is 0 Å². The molecular weight excluding hydrogens is 346 g/mol. The summed E-state index contributed by atoms with van der Waals surface area (Å²) in [5, 5.41) is 15.7. The highest BCUT2D eigenvalue weighted by Crippen LogP contribution is 2.24. The van der Waals surface area contributed by atoms with E-state index in [0.29, 0.717) is 0 Å². The molecule has 3 rings (SSSR count). The second kappa shape index (κ2) is 8.24. The van der Waals surface area contributed by atoms with Gasteiger partial charge in [0.15, 0.2) is 0 Å². The largest absolute Gasteiger partial charge is 0.480 e. The lowest BCUT2D eigenvalue weighted by atomic mass is 10.0. The van der Waals surface area contributed by atoms with Crippen LogP contribution in [0.3, 0.4) is 0 Å². The third-order valence-corrected chi connectivity index (χ3v) is 5.19. The van der Waals surface area contributed by atoms with Crippen LogP contribution in [0.2, 0.25) is 0 Å². The van der Waals surface area contributed by atoms with E-state index in [4.69, 9.17) is 0 Å². The molecular formula is C20H25N3O4. The number of aromatic nitrogens is 1. The van der Waals surface area contributed by atoms with Crippen molar-refractivity contribution >= 4 is 28.7 Å². The summed E-state index contributed by atoms with van der Waals surface area (Å²) in [7, 11) is 0. The normalized spacial score (nSPS) is 16.8. The summed E-state index contributed by atoms with van der Waals surface area (Å²) >= 11 is 0. The van der Waals surface area contributed by atoms with E-state index in [1.165, 1.54) is 0 Å². The molecule has 1 aromatic carbocycles. The molecule has 144 valence electrons. The molecule has 1 heterocycles. The standard InChI is InChI=1S/C20H25N3O4/c1-12(22-19(25)13-6-2-3-7-13)18(24)23-17(20(26)27)10-14-11-21-16-9-5-4-8-15(14)16/h4-5,8-9,11-13,17,21H,2-3,6-7,10H2,1H3,(H,22,25)(H,23,24)(H,26,27). The number of para-hydroxylation sites is 1. The van der Waals surface area contributed by atoms with E-state index in [1.807, 2.05) is 24.3 Å². The summed E-state index contributed by atoms with van der Waals surface area (Å²) in [6, 6.07) is 5.76. The Morgan fingerprint density at radius 2 is 1.89 bits per heavy atom. The maximum absolute atomic E-state index is 12.4. The Labute approximate surface area is 157 Å². The first-order valence-corrected chi connectivity index (χ1v) is 9.34. The molecule has 1 aliphatic carbocycles. The lowest BCUT2D eigenvalue weighted by Gasteiger charge is -2.20. The highest BCUT2D eigenvalue weighted by molar-refractivity contribution is 5.91. The molecule has 2 amide bonds. The van der Waals surface area contributed by atoms with E-state index >= 15 is 0 Å². The van der Waals surface area contributed by atoms with Crippen molar-refractivity contribution in [1.82, 2.24) is 15.6 Å². The first-order valence-electron chi connectivity index (χ1n) is 9.34. The van der Waals surface area contributed by atoms with Gasteiger partial charge in [0, 0.05) is 29.4 Å². The fourth-order valence-corrected chi connectivity index (χ4v) is 3.60. The quantitative estimate of drug-likeness (QED) is 0.596.